The molecule has 2 aromatic carbocycles. The number of hydrogen-bond acceptors (Lipinski definition) is 3. The standard InChI is InChI=1S/C24H30Cl2N2O2/c1-16(2)27-13-12-19(24(29)30)11-8-17-6-9-18(10-7-17)20-14-28(15-20)23-21(25)4-3-5-22(23)26/h3-7,9-10,16,19-20,27H,8,11-15H2,1-2H3,(H,29,30). The van der Waals surface area contributed by atoms with Crippen LogP contribution >= 0.6 is 23.2 Å². The van der Waals surface area contributed by atoms with Crippen LogP contribution in [0, 0.1) is 5.92 Å². The van der Waals surface area contributed by atoms with Gasteiger partial charge in [0.15, 0.2) is 0 Å². The topological polar surface area (TPSA) is 52.6 Å². The molecule has 1 saturated heterocycles. The molecule has 6 heteroatoms. The van der Waals surface area contributed by atoms with Gasteiger partial charge in [0.2, 0.25) is 0 Å². The molecule has 0 spiro atoms. The lowest BCUT2D eigenvalue weighted by Gasteiger charge is -2.42. The lowest BCUT2D eigenvalue weighted by atomic mass is 9.89. The predicted octanol–water partition coefficient (Wildman–Crippen LogP) is 5.62. The van der Waals surface area contributed by atoms with Crippen molar-refractivity contribution in [2.24, 2.45) is 5.92 Å². The summed E-state index contributed by atoms with van der Waals surface area (Å²) in [5.74, 6) is -0.554. The molecule has 0 amide bonds. The first-order chi connectivity index (χ1) is 14.3. The summed E-state index contributed by atoms with van der Waals surface area (Å²) in [5.41, 5.74) is 3.40. The lowest BCUT2D eigenvalue weighted by molar-refractivity contribution is -0.142. The fraction of sp³-hybridized carbons (Fsp3) is 0.458. The van der Waals surface area contributed by atoms with E-state index in [1.807, 2.05) is 18.2 Å². The lowest BCUT2D eigenvalue weighted by Crippen LogP contribution is -2.45. The molecular weight excluding hydrogens is 419 g/mol. The summed E-state index contributed by atoms with van der Waals surface area (Å²) in [4.78, 5) is 13.7. The van der Waals surface area contributed by atoms with Crippen LogP contribution in [0.25, 0.3) is 0 Å². The Morgan fingerprint density at radius 2 is 1.73 bits per heavy atom. The summed E-state index contributed by atoms with van der Waals surface area (Å²) in [6.07, 6.45) is 2.11. The number of aryl methyl sites for hydroxylation is 1. The van der Waals surface area contributed by atoms with E-state index in [0.29, 0.717) is 34.8 Å². The van der Waals surface area contributed by atoms with Gasteiger partial charge < -0.3 is 15.3 Å². The number of anilines is 1. The highest BCUT2D eigenvalue weighted by molar-refractivity contribution is 6.39. The van der Waals surface area contributed by atoms with Crippen molar-refractivity contribution in [1.82, 2.24) is 5.32 Å². The molecule has 162 valence electrons. The number of rotatable bonds is 10. The van der Waals surface area contributed by atoms with E-state index in [2.05, 4.69) is 48.3 Å². The van der Waals surface area contributed by atoms with Crippen LogP contribution in [-0.2, 0) is 11.2 Å². The summed E-state index contributed by atoms with van der Waals surface area (Å²) >= 11 is 12.6. The monoisotopic (exact) mass is 448 g/mol. The highest BCUT2D eigenvalue weighted by atomic mass is 35.5. The summed E-state index contributed by atoms with van der Waals surface area (Å²) in [7, 11) is 0. The van der Waals surface area contributed by atoms with E-state index in [4.69, 9.17) is 23.2 Å². The van der Waals surface area contributed by atoms with Crippen LogP contribution in [0.3, 0.4) is 0 Å². The first-order valence-corrected chi connectivity index (χ1v) is 11.3. The Hall–Kier alpha value is -1.75. The van der Waals surface area contributed by atoms with E-state index in [1.54, 1.807) is 0 Å². The molecule has 0 aliphatic carbocycles. The first kappa shape index (κ1) is 22.9. The molecule has 1 heterocycles. The Balaban J connectivity index is 1.50. The molecule has 1 unspecified atom stereocenters. The molecule has 4 nitrogen and oxygen atoms in total. The number of benzene rings is 2. The SMILES string of the molecule is CC(C)NCCC(CCc1ccc(C2CN(c3c(Cl)cccc3Cl)C2)cc1)C(=O)O. The third-order valence-corrected chi connectivity index (χ3v) is 6.37. The number of aliphatic carboxylic acids is 1. The molecule has 0 aromatic heterocycles. The van der Waals surface area contributed by atoms with Gasteiger partial charge in [0.25, 0.3) is 0 Å². The van der Waals surface area contributed by atoms with Gasteiger partial charge in [-0.2, -0.15) is 0 Å². The highest BCUT2D eigenvalue weighted by Crippen LogP contribution is 2.40. The van der Waals surface area contributed by atoms with Crippen LogP contribution in [0.15, 0.2) is 42.5 Å². The minimum atomic E-state index is -0.704. The summed E-state index contributed by atoms with van der Waals surface area (Å²) in [6, 6.07) is 14.6. The molecule has 3 rings (SSSR count). The van der Waals surface area contributed by atoms with Gasteiger partial charge in [-0.15, -0.1) is 0 Å². The summed E-state index contributed by atoms with van der Waals surface area (Å²) in [5, 5.41) is 14.2. The fourth-order valence-electron chi connectivity index (χ4n) is 3.90. The number of hydrogen-bond donors (Lipinski definition) is 2. The fourth-order valence-corrected chi connectivity index (χ4v) is 4.53. The van der Waals surface area contributed by atoms with E-state index >= 15 is 0 Å². The van der Waals surface area contributed by atoms with Crippen molar-refractivity contribution < 1.29 is 9.90 Å². The van der Waals surface area contributed by atoms with Gasteiger partial charge in [0.05, 0.1) is 21.7 Å². The quantitative estimate of drug-likeness (QED) is 0.495. The van der Waals surface area contributed by atoms with Crippen molar-refractivity contribution in [3.63, 3.8) is 0 Å². The molecule has 0 radical (unpaired) electrons. The van der Waals surface area contributed by atoms with Crippen molar-refractivity contribution in [2.75, 3.05) is 24.5 Å². The largest absolute Gasteiger partial charge is 0.481 e. The normalized spacial score (nSPS) is 15.3. The molecule has 0 bridgehead atoms. The highest BCUT2D eigenvalue weighted by Gasteiger charge is 2.30. The zero-order valence-electron chi connectivity index (χ0n) is 17.6. The van der Waals surface area contributed by atoms with Gasteiger partial charge in [0, 0.05) is 25.0 Å². The Morgan fingerprint density at radius 3 is 2.30 bits per heavy atom. The first-order valence-electron chi connectivity index (χ1n) is 10.6. The van der Waals surface area contributed by atoms with E-state index in [-0.39, 0.29) is 5.92 Å². The van der Waals surface area contributed by atoms with Crippen molar-refractivity contribution in [3.8, 4) is 0 Å². The molecular formula is C24H30Cl2N2O2. The van der Waals surface area contributed by atoms with Crippen molar-refractivity contribution in [1.29, 1.82) is 0 Å². The van der Waals surface area contributed by atoms with Crippen LogP contribution in [0.5, 0.6) is 0 Å². The van der Waals surface area contributed by atoms with E-state index in [9.17, 15) is 9.90 Å². The molecule has 2 N–H and O–H groups in total. The summed E-state index contributed by atoms with van der Waals surface area (Å²) in [6.45, 7) is 6.67. The average Bonchev–Trinajstić information content (AvgIpc) is 2.66. The molecule has 1 aliphatic heterocycles. The average molecular weight is 449 g/mol. The number of halogens is 2. The number of nitrogens with one attached hydrogen (secondary N) is 1. The molecule has 0 saturated carbocycles. The maximum atomic E-state index is 11.5. The Labute approximate surface area is 189 Å². The van der Waals surface area contributed by atoms with Gasteiger partial charge in [-0.3, -0.25) is 4.79 Å². The molecule has 2 aromatic rings. The van der Waals surface area contributed by atoms with Gasteiger partial charge in [0.1, 0.15) is 0 Å². The molecule has 30 heavy (non-hydrogen) atoms. The third-order valence-electron chi connectivity index (χ3n) is 5.76. The van der Waals surface area contributed by atoms with Crippen LogP contribution < -0.4 is 10.2 Å². The van der Waals surface area contributed by atoms with Gasteiger partial charge >= 0.3 is 5.97 Å². The maximum absolute atomic E-state index is 11.5. The van der Waals surface area contributed by atoms with E-state index in [0.717, 1.165) is 31.7 Å². The van der Waals surface area contributed by atoms with E-state index < -0.39 is 5.97 Å². The van der Waals surface area contributed by atoms with Gasteiger partial charge in [-0.1, -0.05) is 67.4 Å². The number of para-hydroxylation sites is 1. The minimum absolute atomic E-state index is 0.309. The molecule has 1 atom stereocenters. The van der Waals surface area contributed by atoms with Gasteiger partial charge in [-0.25, -0.2) is 0 Å². The maximum Gasteiger partial charge on any atom is 0.306 e. The van der Waals surface area contributed by atoms with Crippen LogP contribution in [0.2, 0.25) is 10.0 Å². The smallest absolute Gasteiger partial charge is 0.306 e. The Bertz CT molecular complexity index is 829. The number of carboxylic acid groups (broad SMARTS) is 1. The van der Waals surface area contributed by atoms with Gasteiger partial charge in [-0.05, 0) is 49.1 Å². The third kappa shape index (κ3) is 5.90. The Morgan fingerprint density at radius 1 is 1.10 bits per heavy atom. The predicted molar refractivity (Wildman–Crippen MR) is 125 cm³/mol. The van der Waals surface area contributed by atoms with Crippen LogP contribution in [0.4, 0.5) is 5.69 Å². The second kappa shape index (κ2) is 10.5. The van der Waals surface area contributed by atoms with Crippen molar-refractivity contribution in [2.45, 2.75) is 45.1 Å². The second-order valence-electron chi connectivity index (χ2n) is 8.39. The van der Waals surface area contributed by atoms with E-state index in [1.165, 1.54) is 11.1 Å². The van der Waals surface area contributed by atoms with Crippen LogP contribution in [-0.4, -0.2) is 36.8 Å². The second-order valence-corrected chi connectivity index (χ2v) is 9.20. The minimum Gasteiger partial charge on any atom is -0.481 e. The van der Waals surface area contributed by atoms with Crippen molar-refractivity contribution >= 4 is 34.9 Å². The van der Waals surface area contributed by atoms with Crippen molar-refractivity contribution in [3.05, 3.63) is 63.6 Å². The molecule has 1 fully saturated rings. The zero-order valence-corrected chi connectivity index (χ0v) is 19.1. The number of carbonyl (C=O) groups is 1. The Kier molecular flexibility index (Phi) is 8.04. The number of carboxylic acids is 1. The van der Waals surface area contributed by atoms with Crippen LogP contribution in [0.1, 0.15) is 43.7 Å². The zero-order chi connectivity index (χ0) is 21.7. The molecule has 1 aliphatic rings. The summed E-state index contributed by atoms with van der Waals surface area (Å²) < 4.78 is 0. The number of nitrogens with zero attached hydrogens (tertiary/aromatic N) is 1.